The smallest absolute Gasteiger partial charge is 0.187 e. The summed E-state index contributed by atoms with van der Waals surface area (Å²) in [5, 5.41) is 143. The summed E-state index contributed by atoms with van der Waals surface area (Å²) in [5.74, 6) is -0.654. The first-order valence-corrected chi connectivity index (χ1v) is 24.5. The van der Waals surface area contributed by atoms with E-state index in [1.165, 1.54) is 6.92 Å². The molecule has 5 aliphatic carbocycles. The molecule has 19 heteroatoms. The first-order valence-electron chi connectivity index (χ1n) is 24.5. The van der Waals surface area contributed by atoms with Gasteiger partial charge in [0.1, 0.15) is 67.1 Å². The second kappa shape index (κ2) is 18.5. The summed E-state index contributed by atoms with van der Waals surface area (Å²) in [6.45, 7) is 12.6. The van der Waals surface area contributed by atoms with Crippen LogP contribution in [0.5, 0.6) is 0 Å². The normalized spacial score (nSPS) is 56.5. The van der Waals surface area contributed by atoms with Crippen molar-refractivity contribution in [2.45, 2.75) is 210 Å². The Morgan fingerprint density at radius 1 is 0.597 bits per heavy atom. The molecule has 0 spiro atoms. The highest BCUT2D eigenvalue weighted by atomic mass is 16.8. The Bertz CT molecular complexity index is 1790. The Kier molecular flexibility index (Phi) is 14.4. The molecule has 0 unspecified atom stereocenters. The van der Waals surface area contributed by atoms with Crippen LogP contribution in [0.1, 0.15) is 99.8 Å². The van der Waals surface area contributed by atoms with E-state index < -0.39 is 151 Å². The summed E-state index contributed by atoms with van der Waals surface area (Å²) in [5.41, 5.74) is -2.16. The highest BCUT2D eigenvalue weighted by Crippen LogP contribution is 2.76. The largest absolute Gasteiger partial charge is 0.396 e. The van der Waals surface area contributed by atoms with Crippen molar-refractivity contribution in [3.8, 4) is 0 Å². The number of hydrogen-bond donors (Lipinski definition) is 13. The fourth-order valence-electron chi connectivity index (χ4n) is 15.3. The molecule has 0 aromatic rings. The van der Waals surface area contributed by atoms with Crippen LogP contribution in [0.3, 0.4) is 0 Å². The van der Waals surface area contributed by atoms with Crippen molar-refractivity contribution < 1.29 is 94.8 Å². The maximum Gasteiger partial charge on any atom is 0.187 e. The molecule has 26 atom stereocenters. The zero-order valence-electron chi connectivity index (χ0n) is 40.0. The molecule has 386 valence electrons. The molecule has 67 heavy (non-hydrogen) atoms. The van der Waals surface area contributed by atoms with Gasteiger partial charge in [-0.25, -0.2) is 0 Å². The van der Waals surface area contributed by atoms with Crippen molar-refractivity contribution in [1.82, 2.24) is 0 Å². The lowest BCUT2D eigenvalue weighted by molar-refractivity contribution is -0.398. The Balaban J connectivity index is 1.12. The molecule has 0 amide bonds. The number of ether oxygens (including phenoxy) is 6. The zero-order chi connectivity index (χ0) is 49.1. The van der Waals surface area contributed by atoms with Gasteiger partial charge in [0.25, 0.3) is 0 Å². The van der Waals surface area contributed by atoms with Gasteiger partial charge in [-0.15, -0.1) is 0 Å². The third-order valence-electron chi connectivity index (χ3n) is 19.5. The van der Waals surface area contributed by atoms with E-state index in [1.54, 1.807) is 0 Å². The fraction of sp³-hybridized carbons (Fsp3) is 0.958. The molecule has 13 N–H and O–H groups in total. The van der Waals surface area contributed by atoms with Gasteiger partial charge in [-0.2, -0.15) is 0 Å². The van der Waals surface area contributed by atoms with Gasteiger partial charge in [-0.1, -0.05) is 53.2 Å². The summed E-state index contributed by atoms with van der Waals surface area (Å²) < 4.78 is 37.1. The molecule has 0 radical (unpaired) electrons. The molecule has 4 saturated carbocycles. The molecule has 0 aromatic carbocycles. The second-order valence-electron chi connectivity index (χ2n) is 23.6. The van der Waals surface area contributed by atoms with E-state index in [2.05, 4.69) is 34.6 Å². The van der Waals surface area contributed by atoms with Crippen LogP contribution >= 0.6 is 0 Å². The van der Waals surface area contributed by atoms with Gasteiger partial charge in [0.05, 0.1) is 50.8 Å². The van der Waals surface area contributed by atoms with Crippen LogP contribution in [0.15, 0.2) is 11.6 Å². The van der Waals surface area contributed by atoms with Gasteiger partial charge in [0.2, 0.25) is 0 Å². The molecule has 8 aliphatic rings. The minimum atomic E-state index is -1.91. The van der Waals surface area contributed by atoms with Crippen molar-refractivity contribution in [1.29, 1.82) is 0 Å². The number of rotatable bonds is 10. The van der Waals surface area contributed by atoms with Crippen molar-refractivity contribution >= 4 is 0 Å². The molecule has 0 bridgehead atoms. The van der Waals surface area contributed by atoms with Crippen molar-refractivity contribution in [3.63, 3.8) is 0 Å². The van der Waals surface area contributed by atoms with E-state index in [-0.39, 0.29) is 36.4 Å². The van der Waals surface area contributed by atoms with Crippen LogP contribution in [-0.2, 0) is 28.4 Å². The fourth-order valence-corrected chi connectivity index (χ4v) is 15.3. The first-order chi connectivity index (χ1) is 31.3. The molecule has 3 aliphatic heterocycles. The molecule has 0 aromatic heterocycles. The SMILES string of the molecule is C[C@@H]1O[C@H](O[C@@H]2CC[C@@]3(C)[C@H](CC[C@]4(C)[C@H]3[C@H](O)C=C3[C@@H]5CC(C)(C)CC[C@@]5(CO)[C@H](O)C[C@@]34C)[C@]2(C)CO)[C@@H](O[C@H]2O[C@H](CO)[C@@H](O)[C@H](O)[C@H]2O)[C@H](O[C@H]2O[C@H](CO)[C@H](O)[C@@H](O)[C@@H]2O)[C@H]1O. The van der Waals surface area contributed by atoms with Crippen LogP contribution in [0.25, 0.3) is 0 Å². The number of fused-ring (bicyclic) bond motifs is 7. The highest BCUT2D eigenvalue weighted by Gasteiger charge is 2.72. The molecule has 7 fully saturated rings. The zero-order valence-corrected chi connectivity index (χ0v) is 40.0. The van der Waals surface area contributed by atoms with Gasteiger partial charge in [-0.3, -0.25) is 0 Å². The maximum atomic E-state index is 12.6. The lowest BCUT2D eigenvalue weighted by atomic mass is 9.33. The first kappa shape index (κ1) is 52.3. The topological polar surface area (TPSA) is 318 Å². The summed E-state index contributed by atoms with van der Waals surface area (Å²) in [6.07, 6.45) is -20.1. The van der Waals surface area contributed by atoms with Crippen molar-refractivity contribution in [2.24, 2.45) is 50.2 Å². The predicted molar refractivity (Wildman–Crippen MR) is 233 cm³/mol. The van der Waals surface area contributed by atoms with E-state index in [0.717, 1.165) is 18.4 Å². The molecule has 19 nitrogen and oxygen atoms in total. The third kappa shape index (κ3) is 8.05. The number of aliphatic hydroxyl groups excluding tert-OH is 13. The molecular weight excluding hydrogens is 881 g/mol. The molecule has 3 heterocycles. The molecular formula is C48H80O19. The van der Waals surface area contributed by atoms with E-state index in [4.69, 9.17) is 28.4 Å². The molecule has 8 rings (SSSR count). The summed E-state index contributed by atoms with van der Waals surface area (Å²) in [7, 11) is 0. The minimum absolute atomic E-state index is 0.0152. The van der Waals surface area contributed by atoms with Crippen molar-refractivity contribution in [2.75, 3.05) is 26.4 Å². The standard InChI is InChI=1S/C48H80O19/c1-21-30(55)37(66-40-35(60)33(58)31(56)25(17-49)63-40)38(67-41-36(61)34(59)32(57)26(18-50)64-41)42(62-21)65-29-9-10-44(4)27(45(29,5)19-51)8-11-46(6)39(44)24(53)14-22-23-15-43(2,3)12-13-48(23,20-52)28(54)16-47(22,46)7/h14,21,23-42,49-61H,8-13,15-20H2,1-7H3/t21-,23-,24+,25+,26+,27-,28+,29+,30-,31-,32+,33+,34-,35-,36+,37+,38-,39-,40+,41+,42+,44-,45-,46+,47-,48-/m0/s1. The second-order valence-corrected chi connectivity index (χ2v) is 23.6. The lowest BCUT2D eigenvalue weighted by Gasteiger charge is -2.72. The number of hydrogen-bond acceptors (Lipinski definition) is 19. The molecule has 3 saturated heterocycles. The highest BCUT2D eigenvalue weighted by molar-refractivity contribution is 5.37. The summed E-state index contributed by atoms with van der Waals surface area (Å²) >= 11 is 0. The number of allylic oxidation sites excluding steroid dienone is 1. The quantitative estimate of drug-likeness (QED) is 0.0881. The van der Waals surface area contributed by atoms with E-state index >= 15 is 0 Å². The summed E-state index contributed by atoms with van der Waals surface area (Å²) in [4.78, 5) is 0. The van der Waals surface area contributed by atoms with E-state index in [1.807, 2.05) is 13.0 Å². The van der Waals surface area contributed by atoms with Crippen LogP contribution in [0.4, 0.5) is 0 Å². The van der Waals surface area contributed by atoms with E-state index in [0.29, 0.717) is 38.5 Å². The third-order valence-corrected chi connectivity index (χ3v) is 19.5. The number of aliphatic hydroxyl groups is 13. The van der Waals surface area contributed by atoms with Gasteiger partial charge < -0.3 is 94.8 Å². The van der Waals surface area contributed by atoms with Gasteiger partial charge in [0, 0.05) is 16.7 Å². The van der Waals surface area contributed by atoms with Gasteiger partial charge in [0.15, 0.2) is 18.9 Å². The van der Waals surface area contributed by atoms with Crippen LogP contribution in [0, 0.1) is 50.2 Å². The monoisotopic (exact) mass is 961 g/mol. The average Bonchev–Trinajstić information content (AvgIpc) is 3.28. The van der Waals surface area contributed by atoms with Crippen LogP contribution < -0.4 is 0 Å². The average molecular weight is 961 g/mol. The van der Waals surface area contributed by atoms with Crippen molar-refractivity contribution in [3.05, 3.63) is 11.6 Å². The Labute approximate surface area is 392 Å². The minimum Gasteiger partial charge on any atom is -0.396 e. The maximum absolute atomic E-state index is 12.6. The Morgan fingerprint density at radius 3 is 1.73 bits per heavy atom. The lowest BCUT2D eigenvalue weighted by Crippen LogP contribution is -2.70. The van der Waals surface area contributed by atoms with Crippen LogP contribution in [0.2, 0.25) is 0 Å². The Morgan fingerprint density at radius 2 is 1.18 bits per heavy atom. The van der Waals surface area contributed by atoms with Crippen LogP contribution in [-0.4, -0.2) is 203 Å². The Hall–Kier alpha value is -1.02. The van der Waals surface area contributed by atoms with Gasteiger partial charge >= 0.3 is 0 Å². The predicted octanol–water partition coefficient (Wildman–Crippen LogP) is -1.44. The van der Waals surface area contributed by atoms with Gasteiger partial charge in [-0.05, 0) is 91.8 Å². The summed E-state index contributed by atoms with van der Waals surface area (Å²) in [6, 6.07) is 0. The van der Waals surface area contributed by atoms with E-state index in [9.17, 15) is 66.4 Å².